The highest BCUT2D eigenvalue weighted by Crippen LogP contribution is 2.09. The molecule has 0 saturated heterocycles. The van der Waals surface area contributed by atoms with Crippen molar-refractivity contribution in [1.82, 2.24) is 15.3 Å². The number of rotatable bonds is 3. The predicted octanol–water partition coefficient (Wildman–Crippen LogP) is 0.752. The molecule has 0 amide bonds. The number of H-pyrrole nitrogens is 1. The molecule has 0 radical (unpaired) electrons. The SMILES string of the molecule is Bc1ccc2[nH]c(CCNC(C)(C)C)nc2c1. The molecule has 17 heavy (non-hydrogen) atoms. The molecule has 2 rings (SSSR count). The zero-order chi connectivity index (χ0) is 12.5. The van der Waals surface area contributed by atoms with Crippen molar-refractivity contribution in [1.29, 1.82) is 0 Å². The van der Waals surface area contributed by atoms with Gasteiger partial charge in [-0.15, -0.1) is 0 Å². The number of nitrogens with one attached hydrogen (secondary N) is 2. The van der Waals surface area contributed by atoms with Crippen molar-refractivity contribution in [3.63, 3.8) is 0 Å². The van der Waals surface area contributed by atoms with Gasteiger partial charge in [-0.2, -0.15) is 0 Å². The van der Waals surface area contributed by atoms with Crippen LogP contribution in [0.5, 0.6) is 0 Å². The van der Waals surface area contributed by atoms with Crippen molar-refractivity contribution in [2.24, 2.45) is 0 Å². The normalized spacial score (nSPS) is 12.2. The summed E-state index contributed by atoms with van der Waals surface area (Å²) in [6, 6.07) is 6.32. The lowest BCUT2D eigenvalue weighted by molar-refractivity contribution is 0.428. The van der Waals surface area contributed by atoms with Gasteiger partial charge in [-0.3, -0.25) is 0 Å². The fourth-order valence-corrected chi connectivity index (χ4v) is 1.84. The van der Waals surface area contributed by atoms with Crippen LogP contribution in [0, 0.1) is 0 Å². The Hall–Kier alpha value is -1.29. The Labute approximate surface area is 103 Å². The maximum absolute atomic E-state index is 4.60. The van der Waals surface area contributed by atoms with Crippen molar-refractivity contribution < 1.29 is 0 Å². The fraction of sp³-hybridized carbons (Fsp3) is 0.462. The first-order valence-electron chi connectivity index (χ1n) is 6.14. The maximum Gasteiger partial charge on any atom is 0.139 e. The van der Waals surface area contributed by atoms with Gasteiger partial charge in [-0.1, -0.05) is 11.5 Å². The Kier molecular flexibility index (Phi) is 3.25. The number of nitrogens with zero attached hydrogens (tertiary/aromatic N) is 1. The third-order valence-electron chi connectivity index (χ3n) is 2.70. The smallest absolute Gasteiger partial charge is 0.139 e. The average Bonchev–Trinajstić information content (AvgIpc) is 2.57. The molecular weight excluding hydrogens is 209 g/mol. The van der Waals surface area contributed by atoms with E-state index < -0.39 is 0 Å². The quantitative estimate of drug-likeness (QED) is 0.762. The summed E-state index contributed by atoms with van der Waals surface area (Å²) >= 11 is 0. The zero-order valence-electron chi connectivity index (χ0n) is 11.1. The molecule has 2 aromatic rings. The second-order valence-corrected chi connectivity index (χ2v) is 5.63. The first-order valence-corrected chi connectivity index (χ1v) is 6.14. The summed E-state index contributed by atoms with van der Waals surface area (Å²) in [5.41, 5.74) is 3.61. The van der Waals surface area contributed by atoms with Crippen molar-refractivity contribution in [2.75, 3.05) is 6.54 Å². The van der Waals surface area contributed by atoms with Crippen LogP contribution in [0.15, 0.2) is 18.2 Å². The number of imidazole rings is 1. The van der Waals surface area contributed by atoms with E-state index in [2.05, 4.69) is 62.1 Å². The number of fused-ring (bicyclic) bond motifs is 1. The summed E-state index contributed by atoms with van der Waals surface area (Å²) in [7, 11) is 2.09. The Morgan fingerprint density at radius 2 is 2.12 bits per heavy atom. The molecule has 0 spiro atoms. The molecule has 2 N–H and O–H groups in total. The van der Waals surface area contributed by atoms with E-state index in [1.54, 1.807) is 0 Å². The monoisotopic (exact) mass is 229 g/mol. The molecule has 90 valence electrons. The summed E-state index contributed by atoms with van der Waals surface area (Å²) < 4.78 is 0. The van der Waals surface area contributed by atoms with Gasteiger partial charge in [-0.25, -0.2) is 4.98 Å². The minimum absolute atomic E-state index is 0.169. The second-order valence-electron chi connectivity index (χ2n) is 5.63. The molecule has 0 fully saturated rings. The summed E-state index contributed by atoms with van der Waals surface area (Å²) in [5.74, 6) is 1.06. The minimum atomic E-state index is 0.169. The van der Waals surface area contributed by atoms with Crippen molar-refractivity contribution in [3.05, 3.63) is 24.0 Å². The van der Waals surface area contributed by atoms with Crippen LogP contribution in [0.1, 0.15) is 26.6 Å². The molecule has 0 unspecified atom stereocenters. The standard InChI is InChI=1S/C13H20BN3/c1-13(2,3)15-7-6-12-16-10-5-4-9(14)8-11(10)17-12/h4-5,8,15H,6-7,14H2,1-3H3,(H,16,17). The highest BCUT2D eigenvalue weighted by molar-refractivity contribution is 6.33. The van der Waals surface area contributed by atoms with Crippen molar-refractivity contribution >= 4 is 24.3 Å². The topological polar surface area (TPSA) is 40.7 Å². The van der Waals surface area contributed by atoms with E-state index >= 15 is 0 Å². The van der Waals surface area contributed by atoms with Gasteiger partial charge in [0.1, 0.15) is 13.7 Å². The van der Waals surface area contributed by atoms with E-state index in [1.807, 2.05) is 0 Å². The Balaban J connectivity index is 2.05. The minimum Gasteiger partial charge on any atom is -0.342 e. The molecule has 0 aliphatic rings. The maximum atomic E-state index is 4.60. The highest BCUT2D eigenvalue weighted by Gasteiger charge is 2.09. The van der Waals surface area contributed by atoms with Gasteiger partial charge in [0, 0.05) is 18.5 Å². The molecule has 0 bridgehead atoms. The summed E-state index contributed by atoms with van der Waals surface area (Å²) in [6.07, 6.45) is 0.936. The average molecular weight is 229 g/mol. The third kappa shape index (κ3) is 3.33. The number of hydrogen-bond donors (Lipinski definition) is 2. The molecule has 1 aromatic carbocycles. The number of hydrogen-bond acceptors (Lipinski definition) is 2. The van der Waals surface area contributed by atoms with E-state index in [1.165, 1.54) is 5.46 Å². The molecule has 0 atom stereocenters. The number of benzene rings is 1. The molecule has 0 aliphatic carbocycles. The van der Waals surface area contributed by atoms with Gasteiger partial charge in [0.25, 0.3) is 0 Å². The van der Waals surface area contributed by atoms with E-state index in [0.29, 0.717) is 0 Å². The molecule has 3 nitrogen and oxygen atoms in total. The van der Waals surface area contributed by atoms with Crippen LogP contribution in [-0.2, 0) is 6.42 Å². The van der Waals surface area contributed by atoms with Gasteiger partial charge in [0.05, 0.1) is 11.0 Å². The third-order valence-corrected chi connectivity index (χ3v) is 2.70. The van der Waals surface area contributed by atoms with E-state index in [0.717, 1.165) is 29.8 Å². The Bertz CT molecular complexity index is 511. The molecule has 4 heteroatoms. The predicted molar refractivity (Wildman–Crippen MR) is 75.7 cm³/mol. The fourth-order valence-electron chi connectivity index (χ4n) is 1.84. The molecular formula is C13H20BN3. The Morgan fingerprint density at radius 3 is 2.82 bits per heavy atom. The first kappa shape index (κ1) is 12.2. The van der Waals surface area contributed by atoms with Crippen LogP contribution in [0.25, 0.3) is 11.0 Å². The summed E-state index contributed by atoms with van der Waals surface area (Å²) in [4.78, 5) is 7.96. The van der Waals surface area contributed by atoms with Crippen LogP contribution in [0.2, 0.25) is 0 Å². The first-order chi connectivity index (χ1) is 7.94. The van der Waals surface area contributed by atoms with Crippen molar-refractivity contribution in [3.8, 4) is 0 Å². The molecule has 1 aromatic heterocycles. The lowest BCUT2D eigenvalue weighted by atomic mass is 9.96. The van der Waals surface area contributed by atoms with Gasteiger partial charge < -0.3 is 10.3 Å². The zero-order valence-corrected chi connectivity index (χ0v) is 11.1. The number of aromatic nitrogens is 2. The van der Waals surface area contributed by atoms with Gasteiger partial charge in [0.2, 0.25) is 0 Å². The van der Waals surface area contributed by atoms with E-state index in [-0.39, 0.29) is 5.54 Å². The van der Waals surface area contributed by atoms with Crippen LogP contribution < -0.4 is 10.8 Å². The number of aromatic amines is 1. The van der Waals surface area contributed by atoms with Gasteiger partial charge in [-0.05, 0) is 32.9 Å². The van der Waals surface area contributed by atoms with Crippen LogP contribution in [0.4, 0.5) is 0 Å². The largest absolute Gasteiger partial charge is 0.342 e. The van der Waals surface area contributed by atoms with Crippen LogP contribution in [-0.4, -0.2) is 29.9 Å². The van der Waals surface area contributed by atoms with Crippen LogP contribution >= 0.6 is 0 Å². The Morgan fingerprint density at radius 1 is 1.35 bits per heavy atom. The summed E-state index contributed by atoms with van der Waals surface area (Å²) in [5, 5.41) is 3.47. The van der Waals surface area contributed by atoms with Crippen molar-refractivity contribution in [2.45, 2.75) is 32.7 Å². The molecule has 0 saturated carbocycles. The van der Waals surface area contributed by atoms with Gasteiger partial charge in [0.15, 0.2) is 0 Å². The molecule has 0 aliphatic heterocycles. The lowest BCUT2D eigenvalue weighted by Crippen LogP contribution is -2.37. The molecule has 1 heterocycles. The lowest BCUT2D eigenvalue weighted by Gasteiger charge is -2.19. The van der Waals surface area contributed by atoms with Crippen LogP contribution in [0.3, 0.4) is 0 Å². The highest BCUT2D eigenvalue weighted by atomic mass is 15.0. The van der Waals surface area contributed by atoms with E-state index in [9.17, 15) is 0 Å². The van der Waals surface area contributed by atoms with Gasteiger partial charge >= 0.3 is 0 Å². The summed E-state index contributed by atoms with van der Waals surface area (Å²) in [6.45, 7) is 7.47. The van der Waals surface area contributed by atoms with E-state index in [4.69, 9.17) is 0 Å². The second kappa shape index (κ2) is 4.53.